The first-order valence-electron chi connectivity index (χ1n) is 4.05. The number of aromatic nitrogens is 1. The minimum atomic E-state index is 0.840. The summed E-state index contributed by atoms with van der Waals surface area (Å²) in [5.74, 6) is 0. The second-order valence-corrected chi connectivity index (χ2v) is 4.49. The van der Waals surface area contributed by atoms with Crippen LogP contribution in [0.25, 0.3) is 16.3 Å². The lowest BCUT2D eigenvalue weighted by Gasteiger charge is -1.91. The van der Waals surface area contributed by atoms with Crippen molar-refractivity contribution in [3.63, 3.8) is 0 Å². The lowest BCUT2D eigenvalue weighted by Crippen LogP contribution is -1.70. The van der Waals surface area contributed by atoms with E-state index in [9.17, 15) is 0 Å². The monoisotopic (exact) mass is 207 g/mol. The van der Waals surface area contributed by atoms with Gasteiger partial charge < -0.3 is 4.98 Å². The molecule has 1 heterocycles. The second kappa shape index (κ2) is 3.44. The van der Waals surface area contributed by atoms with E-state index in [1.54, 1.807) is 11.3 Å². The predicted octanol–water partition coefficient (Wildman–Crippen LogP) is 3.99. The Morgan fingerprint density at radius 2 is 2.31 bits per heavy atom. The molecule has 13 heavy (non-hydrogen) atoms. The Labute approximate surface area is 85.7 Å². The van der Waals surface area contributed by atoms with Gasteiger partial charge in [0.1, 0.15) is 0 Å². The number of hydrogen-bond acceptors (Lipinski definition) is 2. The van der Waals surface area contributed by atoms with Crippen molar-refractivity contribution < 1.29 is 0 Å². The third-order valence-electron chi connectivity index (χ3n) is 1.80. The molecular weight excluding hydrogens is 198 g/mol. The average molecular weight is 207 g/mol. The number of H-pyrrole nitrogens is 1. The zero-order valence-corrected chi connectivity index (χ0v) is 8.84. The average Bonchev–Trinajstić information content (AvgIpc) is 2.44. The molecule has 0 amide bonds. The van der Waals surface area contributed by atoms with Gasteiger partial charge >= 0.3 is 0 Å². The highest BCUT2D eigenvalue weighted by molar-refractivity contribution is 7.73. The van der Waals surface area contributed by atoms with Crippen LogP contribution in [0.4, 0.5) is 0 Å². The van der Waals surface area contributed by atoms with E-state index in [1.165, 1.54) is 10.3 Å². The summed E-state index contributed by atoms with van der Waals surface area (Å²) >= 11 is 6.68. The summed E-state index contributed by atoms with van der Waals surface area (Å²) in [7, 11) is 0. The molecule has 2 aromatic rings. The molecule has 1 nitrogen and oxygen atoms in total. The van der Waals surface area contributed by atoms with Crippen LogP contribution in [0.5, 0.6) is 0 Å². The van der Waals surface area contributed by atoms with Crippen LogP contribution in [-0.4, -0.2) is 4.98 Å². The maximum atomic E-state index is 5.07. The maximum absolute atomic E-state index is 5.07. The van der Waals surface area contributed by atoms with Gasteiger partial charge in [-0.3, -0.25) is 0 Å². The highest BCUT2D eigenvalue weighted by Gasteiger charge is 1.96. The van der Waals surface area contributed by atoms with E-state index in [0.29, 0.717) is 0 Å². The Kier molecular flexibility index (Phi) is 2.29. The number of benzene rings is 1. The van der Waals surface area contributed by atoms with Crippen LogP contribution in [0, 0.1) is 3.95 Å². The standard InChI is InChI=1S/C10H9NS2/c1-2-3-7-4-5-8-9(6-7)13-10(12)11-8/h2-6H,1H3,(H,11,12)/b3-2+. The summed E-state index contributed by atoms with van der Waals surface area (Å²) in [6.07, 6.45) is 4.12. The molecule has 0 bridgehead atoms. The van der Waals surface area contributed by atoms with Gasteiger partial charge in [0.15, 0.2) is 3.95 Å². The third-order valence-corrected chi connectivity index (χ3v) is 3.00. The van der Waals surface area contributed by atoms with Gasteiger partial charge in [0, 0.05) is 0 Å². The van der Waals surface area contributed by atoms with Crippen LogP contribution >= 0.6 is 23.6 Å². The first-order valence-corrected chi connectivity index (χ1v) is 5.27. The summed E-state index contributed by atoms with van der Waals surface area (Å²) < 4.78 is 2.06. The number of thiazole rings is 1. The van der Waals surface area contributed by atoms with Crippen molar-refractivity contribution in [1.29, 1.82) is 0 Å². The summed E-state index contributed by atoms with van der Waals surface area (Å²) in [5.41, 5.74) is 2.35. The molecule has 0 aliphatic carbocycles. The molecule has 3 heteroatoms. The van der Waals surface area contributed by atoms with E-state index in [-0.39, 0.29) is 0 Å². The largest absolute Gasteiger partial charge is 0.337 e. The minimum Gasteiger partial charge on any atom is -0.337 e. The summed E-state index contributed by atoms with van der Waals surface area (Å²) in [5, 5.41) is 0. The lowest BCUT2D eigenvalue weighted by atomic mass is 10.2. The van der Waals surface area contributed by atoms with Gasteiger partial charge in [0.2, 0.25) is 0 Å². The predicted molar refractivity (Wildman–Crippen MR) is 61.7 cm³/mol. The van der Waals surface area contributed by atoms with Crippen LogP contribution in [0.15, 0.2) is 24.3 Å². The molecule has 0 radical (unpaired) electrons. The molecule has 0 saturated carbocycles. The van der Waals surface area contributed by atoms with E-state index in [0.717, 1.165) is 9.47 Å². The molecule has 1 N–H and O–H groups in total. The summed E-state index contributed by atoms with van der Waals surface area (Å²) in [6.45, 7) is 2.02. The topological polar surface area (TPSA) is 15.8 Å². The zero-order valence-electron chi connectivity index (χ0n) is 7.20. The Hall–Kier alpha value is -0.930. The van der Waals surface area contributed by atoms with Crippen molar-refractivity contribution in [2.45, 2.75) is 6.92 Å². The molecule has 66 valence electrons. The fourth-order valence-electron chi connectivity index (χ4n) is 1.26. The van der Waals surface area contributed by atoms with Crippen LogP contribution in [0.3, 0.4) is 0 Å². The van der Waals surface area contributed by atoms with Crippen LogP contribution < -0.4 is 0 Å². The number of aromatic amines is 1. The second-order valence-electron chi connectivity index (χ2n) is 2.77. The maximum Gasteiger partial charge on any atom is 0.159 e. The highest BCUT2D eigenvalue weighted by atomic mass is 32.1. The van der Waals surface area contributed by atoms with Gasteiger partial charge in [-0.15, -0.1) is 11.3 Å². The van der Waals surface area contributed by atoms with Crippen molar-refractivity contribution in [3.8, 4) is 0 Å². The Morgan fingerprint density at radius 3 is 3.08 bits per heavy atom. The lowest BCUT2D eigenvalue weighted by molar-refractivity contribution is 1.47. The molecule has 0 unspecified atom stereocenters. The van der Waals surface area contributed by atoms with Gasteiger partial charge in [0.05, 0.1) is 10.2 Å². The summed E-state index contributed by atoms with van der Waals surface area (Å²) in [6, 6.07) is 6.30. The number of nitrogens with one attached hydrogen (secondary N) is 1. The normalized spacial score (nSPS) is 11.5. The first-order chi connectivity index (χ1) is 6.29. The molecule has 0 aliphatic rings. The fraction of sp³-hybridized carbons (Fsp3) is 0.100. The van der Waals surface area contributed by atoms with Crippen molar-refractivity contribution in [2.75, 3.05) is 0 Å². The molecule has 0 spiro atoms. The molecule has 0 saturated heterocycles. The first kappa shape index (κ1) is 8.66. The van der Waals surface area contributed by atoms with Crippen LogP contribution in [-0.2, 0) is 0 Å². The molecular formula is C10H9NS2. The van der Waals surface area contributed by atoms with Gasteiger partial charge in [-0.25, -0.2) is 0 Å². The zero-order chi connectivity index (χ0) is 9.26. The molecule has 0 atom stereocenters. The van der Waals surface area contributed by atoms with E-state index < -0.39 is 0 Å². The molecule has 1 aromatic heterocycles. The smallest absolute Gasteiger partial charge is 0.159 e. The van der Waals surface area contributed by atoms with Crippen molar-refractivity contribution in [3.05, 3.63) is 33.8 Å². The SMILES string of the molecule is C/C=C/c1ccc2[nH]c(=S)sc2c1. The molecule has 1 aromatic carbocycles. The van der Waals surface area contributed by atoms with Gasteiger partial charge in [-0.2, -0.15) is 0 Å². The van der Waals surface area contributed by atoms with Crippen LogP contribution in [0.1, 0.15) is 12.5 Å². The van der Waals surface area contributed by atoms with Gasteiger partial charge in [0.25, 0.3) is 0 Å². The number of allylic oxidation sites excluding steroid dienone is 1. The van der Waals surface area contributed by atoms with E-state index in [2.05, 4.69) is 29.3 Å². The Balaban J connectivity index is 2.67. The quantitative estimate of drug-likeness (QED) is 0.699. The van der Waals surface area contributed by atoms with Gasteiger partial charge in [-0.1, -0.05) is 18.2 Å². The summed E-state index contributed by atoms with van der Waals surface area (Å²) in [4.78, 5) is 3.14. The van der Waals surface area contributed by atoms with E-state index >= 15 is 0 Å². The number of hydrogen-bond donors (Lipinski definition) is 1. The molecule has 2 rings (SSSR count). The van der Waals surface area contributed by atoms with Gasteiger partial charge in [-0.05, 0) is 36.8 Å². The van der Waals surface area contributed by atoms with Crippen molar-refractivity contribution in [1.82, 2.24) is 4.98 Å². The number of fused-ring (bicyclic) bond motifs is 1. The van der Waals surface area contributed by atoms with Crippen molar-refractivity contribution >= 4 is 39.8 Å². The number of rotatable bonds is 1. The molecule has 0 aliphatic heterocycles. The molecule has 0 fully saturated rings. The fourth-order valence-corrected chi connectivity index (χ4v) is 2.42. The highest BCUT2D eigenvalue weighted by Crippen LogP contribution is 2.21. The van der Waals surface area contributed by atoms with E-state index in [1.807, 2.05) is 13.0 Å². The third kappa shape index (κ3) is 1.71. The Morgan fingerprint density at radius 1 is 1.46 bits per heavy atom. The Bertz CT molecular complexity index is 505. The van der Waals surface area contributed by atoms with E-state index in [4.69, 9.17) is 12.2 Å². The van der Waals surface area contributed by atoms with Crippen LogP contribution in [0.2, 0.25) is 0 Å². The van der Waals surface area contributed by atoms with Crippen molar-refractivity contribution in [2.24, 2.45) is 0 Å². The minimum absolute atomic E-state index is 0.840.